The molecule has 0 aromatic heterocycles. The van der Waals surface area contributed by atoms with Crippen molar-refractivity contribution in [1.29, 1.82) is 0 Å². The van der Waals surface area contributed by atoms with Crippen LogP contribution in [0.4, 0.5) is 0 Å². The van der Waals surface area contributed by atoms with Crippen molar-refractivity contribution < 1.29 is 26.1 Å². The first-order valence-corrected chi connectivity index (χ1v) is 11.1. The van der Waals surface area contributed by atoms with Crippen molar-refractivity contribution in [3.63, 3.8) is 0 Å². The molecule has 0 aromatic carbocycles. The number of unbranched alkanes of at least 4 members (excludes halogenated alkanes) is 11. The maximum atomic E-state index is 2.29. The van der Waals surface area contributed by atoms with E-state index in [0.717, 1.165) is 26.1 Å². The van der Waals surface area contributed by atoms with Gasteiger partial charge in [-0.3, -0.25) is 0 Å². The predicted molar refractivity (Wildman–Crippen MR) is 65.9 cm³/mol. The summed E-state index contributed by atoms with van der Waals surface area (Å²) in [5.74, 6) is 0. The second kappa shape index (κ2) is 14.9. The van der Waals surface area contributed by atoms with Gasteiger partial charge in [-0.05, 0) is 0 Å². The van der Waals surface area contributed by atoms with Crippen molar-refractivity contribution in [1.82, 2.24) is 0 Å². The second-order valence-electron chi connectivity index (χ2n) is 4.74. The van der Waals surface area contributed by atoms with Gasteiger partial charge < -0.3 is 0 Å². The van der Waals surface area contributed by atoms with Crippen molar-refractivity contribution in [3.8, 4) is 0 Å². The molecule has 0 aliphatic heterocycles. The Hall–Kier alpha value is 0.935. The molecular formula is C14H29Hg. The van der Waals surface area contributed by atoms with Crippen LogP contribution in [0.25, 0.3) is 0 Å². The van der Waals surface area contributed by atoms with Crippen LogP contribution in [0.1, 0.15) is 84.0 Å². The van der Waals surface area contributed by atoms with Gasteiger partial charge in [-0.2, -0.15) is 0 Å². The summed E-state index contributed by atoms with van der Waals surface area (Å²) >= 11 is 1.06. The second-order valence-corrected chi connectivity index (χ2v) is 7.49. The minimum absolute atomic E-state index is 1.06. The fourth-order valence-corrected chi connectivity index (χ4v) is 3.39. The van der Waals surface area contributed by atoms with Crippen LogP contribution in [0.5, 0.6) is 0 Å². The molecule has 0 unspecified atom stereocenters. The van der Waals surface area contributed by atoms with Gasteiger partial charge in [0, 0.05) is 0 Å². The molecule has 0 radical (unpaired) electrons. The Morgan fingerprint density at radius 3 is 1.20 bits per heavy atom. The fourth-order valence-electron chi connectivity index (χ4n) is 2.02. The number of rotatable bonds is 12. The van der Waals surface area contributed by atoms with Crippen LogP contribution in [0.3, 0.4) is 0 Å². The maximum absolute atomic E-state index is 2.29. The van der Waals surface area contributed by atoms with Crippen molar-refractivity contribution in [2.75, 3.05) is 0 Å². The molecule has 0 heterocycles. The predicted octanol–water partition coefficient (Wildman–Crippen LogP) is 5.65. The Labute approximate surface area is 114 Å². The quantitative estimate of drug-likeness (QED) is 0.295. The molecule has 1 heteroatoms. The van der Waals surface area contributed by atoms with E-state index in [9.17, 15) is 0 Å². The van der Waals surface area contributed by atoms with Gasteiger partial charge in [-0.1, -0.05) is 13.3 Å². The van der Waals surface area contributed by atoms with Gasteiger partial charge in [0.15, 0.2) is 0 Å². The molecule has 0 amide bonds. The van der Waals surface area contributed by atoms with Crippen LogP contribution < -0.4 is 0 Å². The summed E-state index contributed by atoms with van der Waals surface area (Å²) in [6.07, 6.45) is 17.8. The summed E-state index contributed by atoms with van der Waals surface area (Å²) in [6, 6.07) is 0. The summed E-state index contributed by atoms with van der Waals surface area (Å²) in [4.78, 5) is 0. The standard InChI is InChI=1S/C14H29.Hg/c1-3-5-7-9-11-13-14-12-10-8-6-4-2;/h1,3-14H2,2H3;. The molecule has 0 bridgehead atoms. The molecule has 0 saturated carbocycles. The van der Waals surface area contributed by atoms with E-state index < -0.39 is 0 Å². The van der Waals surface area contributed by atoms with Gasteiger partial charge >= 0.3 is 101 Å². The molecular weight excluding hydrogens is 369 g/mol. The Balaban J connectivity index is 2.81. The first-order chi connectivity index (χ1) is 7.41. The topological polar surface area (TPSA) is 0 Å². The molecule has 0 spiro atoms. The van der Waals surface area contributed by atoms with Crippen LogP contribution in [-0.4, -0.2) is 0 Å². The Morgan fingerprint density at radius 1 is 0.533 bits per heavy atom. The molecule has 0 aliphatic carbocycles. The van der Waals surface area contributed by atoms with Crippen LogP contribution in [-0.2, 0) is 26.1 Å². The molecule has 0 atom stereocenters. The molecule has 87 valence electrons. The van der Waals surface area contributed by atoms with E-state index in [1.54, 1.807) is 3.93 Å². The third-order valence-corrected chi connectivity index (χ3v) is 5.05. The van der Waals surface area contributed by atoms with Crippen molar-refractivity contribution in [3.05, 3.63) is 0 Å². The minimum atomic E-state index is 1.06. The molecule has 0 N–H and O–H groups in total. The number of hydrogen-bond donors (Lipinski definition) is 0. The van der Waals surface area contributed by atoms with Crippen LogP contribution in [0, 0.1) is 0 Å². The molecule has 0 nitrogen and oxygen atoms in total. The van der Waals surface area contributed by atoms with Crippen molar-refractivity contribution in [2.45, 2.75) is 87.9 Å². The zero-order valence-electron chi connectivity index (χ0n) is 10.9. The van der Waals surface area contributed by atoms with E-state index in [0.29, 0.717) is 0 Å². The van der Waals surface area contributed by atoms with Crippen molar-refractivity contribution in [2.24, 2.45) is 0 Å². The molecule has 0 aromatic rings. The van der Waals surface area contributed by atoms with Gasteiger partial charge in [0.25, 0.3) is 0 Å². The average Bonchev–Trinajstić information content (AvgIpc) is 2.26. The van der Waals surface area contributed by atoms with E-state index in [-0.39, 0.29) is 0 Å². The van der Waals surface area contributed by atoms with Gasteiger partial charge in [0.2, 0.25) is 0 Å². The van der Waals surface area contributed by atoms with Gasteiger partial charge in [-0.25, -0.2) is 0 Å². The monoisotopic (exact) mass is 399 g/mol. The number of hydrogen-bond acceptors (Lipinski definition) is 0. The summed E-state index contributed by atoms with van der Waals surface area (Å²) in [7, 11) is 0. The van der Waals surface area contributed by atoms with E-state index in [4.69, 9.17) is 0 Å². The zero-order valence-corrected chi connectivity index (χ0v) is 16.4. The van der Waals surface area contributed by atoms with E-state index in [1.807, 2.05) is 0 Å². The van der Waals surface area contributed by atoms with E-state index >= 15 is 0 Å². The SMILES string of the molecule is CCCCCCCCCCCCC[CH2][Hg]. The molecule has 0 aliphatic rings. The fraction of sp³-hybridized carbons (Fsp3) is 1.00. The Morgan fingerprint density at radius 2 is 0.867 bits per heavy atom. The van der Waals surface area contributed by atoms with Crippen molar-refractivity contribution >= 4 is 0 Å². The normalized spacial score (nSPS) is 10.9. The zero-order chi connectivity index (χ0) is 11.2. The van der Waals surface area contributed by atoms with Gasteiger partial charge in [0.1, 0.15) is 0 Å². The molecule has 0 saturated heterocycles. The third kappa shape index (κ3) is 14.9. The van der Waals surface area contributed by atoms with Crippen LogP contribution in [0.2, 0.25) is 3.93 Å². The summed E-state index contributed by atoms with van der Waals surface area (Å²) in [5, 5.41) is 0. The van der Waals surface area contributed by atoms with E-state index in [2.05, 4.69) is 6.92 Å². The third-order valence-electron chi connectivity index (χ3n) is 3.10. The van der Waals surface area contributed by atoms with Crippen LogP contribution >= 0.6 is 0 Å². The average molecular weight is 398 g/mol. The Bertz CT molecular complexity index is 89.5. The van der Waals surface area contributed by atoms with Gasteiger partial charge in [0.05, 0.1) is 0 Å². The molecule has 15 heavy (non-hydrogen) atoms. The summed E-state index contributed by atoms with van der Waals surface area (Å²) < 4.78 is 1.57. The Kier molecular flexibility index (Phi) is 15.9. The van der Waals surface area contributed by atoms with Crippen LogP contribution in [0.15, 0.2) is 0 Å². The first-order valence-electron chi connectivity index (χ1n) is 7.21. The molecule has 0 rings (SSSR count). The first kappa shape index (κ1) is 15.9. The summed E-state index contributed by atoms with van der Waals surface area (Å²) in [5.41, 5.74) is 0. The molecule has 0 fully saturated rings. The van der Waals surface area contributed by atoms with Gasteiger partial charge in [-0.15, -0.1) is 0 Å². The van der Waals surface area contributed by atoms with E-state index in [1.165, 1.54) is 77.0 Å². The summed E-state index contributed by atoms with van der Waals surface area (Å²) in [6.45, 7) is 2.29.